The van der Waals surface area contributed by atoms with E-state index in [9.17, 15) is 9.59 Å². The van der Waals surface area contributed by atoms with Gasteiger partial charge in [-0.15, -0.1) is 0 Å². The van der Waals surface area contributed by atoms with Gasteiger partial charge in [0.15, 0.2) is 0 Å². The summed E-state index contributed by atoms with van der Waals surface area (Å²) >= 11 is 4.28. The molecule has 0 aliphatic carbocycles. The van der Waals surface area contributed by atoms with Crippen LogP contribution in [0, 0.1) is 7.14 Å². The zero-order chi connectivity index (χ0) is 11.9. The molecule has 2 rings (SSSR count). The molecule has 0 spiro atoms. The summed E-state index contributed by atoms with van der Waals surface area (Å²) in [6.07, 6.45) is 0. The number of carbonyl (C=O) groups excluding carboxylic acids is 2. The number of hydrogen-bond donors (Lipinski definition) is 1. The zero-order valence-corrected chi connectivity index (χ0v) is 12.7. The summed E-state index contributed by atoms with van der Waals surface area (Å²) in [5, 5.41) is 2.77. The predicted octanol–water partition coefficient (Wildman–Crippen LogP) is 1.92. The van der Waals surface area contributed by atoms with Crippen LogP contribution in [0.1, 0.15) is 10.4 Å². The fraction of sp³-hybridized carbons (Fsp3) is 0.200. The lowest BCUT2D eigenvalue weighted by Gasteiger charge is -2.12. The lowest BCUT2D eigenvalue weighted by molar-refractivity contribution is -0.116. The maximum absolute atomic E-state index is 12.0. The molecule has 1 aliphatic heterocycles. The fourth-order valence-corrected chi connectivity index (χ4v) is 3.52. The number of carbonyl (C=O) groups is 2. The van der Waals surface area contributed by atoms with E-state index in [0.29, 0.717) is 11.3 Å². The average Bonchev–Trinajstić information content (AvgIpc) is 2.29. The molecule has 0 bridgehead atoms. The largest absolute Gasteiger partial charge is 0.332 e. The lowest BCUT2D eigenvalue weighted by atomic mass is 10.1. The normalized spacial score (nSPS) is 15.6. The molecule has 0 aromatic heterocycles. The Morgan fingerprint density at radius 2 is 2.00 bits per heavy atom. The van der Waals surface area contributed by atoms with Crippen LogP contribution >= 0.6 is 45.2 Å². The van der Waals surface area contributed by atoms with Gasteiger partial charge < -0.3 is 10.2 Å². The topological polar surface area (TPSA) is 49.4 Å². The Morgan fingerprint density at radius 1 is 1.31 bits per heavy atom. The molecule has 2 amide bonds. The number of anilines is 1. The molecule has 1 N–H and O–H groups in total. The molecule has 16 heavy (non-hydrogen) atoms. The highest BCUT2D eigenvalue weighted by atomic mass is 127. The summed E-state index contributed by atoms with van der Waals surface area (Å²) in [6, 6.07) is 3.72. The molecule has 0 fully saturated rings. The molecule has 1 aromatic carbocycles. The van der Waals surface area contributed by atoms with Crippen molar-refractivity contribution >= 4 is 62.7 Å². The van der Waals surface area contributed by atoms with E-state index in [-0.39, 0.29) is 18.4 Å². The van der Waals surface area contributed by atoms with E-state index in [1.165, 1.54) is 4.90 Å². The number of halogens is 2. The Morgan fingerprint density at radius 3 is 2.69 bits per heavy atom. The molecular weight excluding hydrogens is 434 g/mol. The molecular formula is C10H8I2N2O2. The highest BCUT2D eigenvalue weighted by Gasteiger charge is 2.25. The lowest BCUT2D eigenvalue weighted by Crippen LogP contribution is -2.31. The van der Waals surface area contributed by atoms with Gasteiger partial charge in [0.2, 0.25) is 5.91 Å². The van der Waals surface area contributed by atoms with E-state index in [1.54, 1.807) is 13.1 Å². The number of nitrogens with one attached hydrogen (secondary N) is 1. The second-order valence-corrected chi connectivity index (χ2v) is 5.93. The predicted molar refractivity (Wildman–Crippen MR) is 77.5 cm³/mol. The molecule has 0 atom stereocenters. The maximum atomic E-state index is 12.0. The SMILES string of the molecule is CN1CC(=O)Nc2c(I)cc(I)cc2C1=O. The molecule has 0 unspecified atom stereocenters. The van der Waals surface area contributed by atoms with Gasteiger partial charge in [-0.25, -0.2) is 0 Å². The number of fused-ring (bicyclic) bond motifs is 1. The van der Waals surface area contributed by atoms with Crippen LogP contribution in [0.5, 0.6) is 0 Å². The van der Waals surface area contributed by atoms with E-state index in [1.807, 2.05) is 6.07 Å². The maximum Gasteiger partial charge on any atom is 0.256 e. The van der Waals surface area contributed by atoms with Crippen molar-refractivity contribution in [1.29, 1.82) is 0 Å². The number of likely N-dealkylation sites (N-methyl/N-ethyl adjacent to an activating group) is 1. The van der Waals surface area contributed by atoms with Crippen LogP contribution in [0.3, 0.4) is 0 Å². The van der Waals surface area contributed by atoms with Crippen molar-refractivity contribution in [2.75, 3.05) is 18.9 Å². The van der Waals surface area contributed by atoms with Gasteiger partial charge in [0.1, 0.15) is 0 Å². The minimum absolute atomic E-state index is 0.0974. The first-order chi connectivity index (χ1) is 7.49. The molecule has 6 heteroatoms. The molecule has 84 valence electrons. The monoisotopic (exact) mass is 442 g/mol. The van der Waals surface area contributed by atoms with Crippen LogP contribution in [-0.4, -0.2) is 30.3 Å². The van der Waals surface area contributed by atoms with Crippen molar-refractivity contribution in [2.45, 2.75) is 0 Å². The van der Waals surface area contributed by atoms with Gasteiger partial charge in [0.05, 0.1) is 17.8 Å². The summed E-state index contributed by atoms with van der Waals surface area (Å²) in [5.74, 6) is -0.279. The van der Waals surface area contributed by atoms with E-state index in [2.05, 4.69) is 50.5 Å². The number of benzene rings is 1. The molecule has 4 nitrogen and oxygen atoms in total. The Kier molecular flexibility index (Phi) is 3.38. The zero-order valence-electron chi connectivity index (χ0n) is 8.38. The van der Waals surface area contributed by atoms with Crippen molar-refractivity contribution < 1.29 is 9.59 Å². The third kappa shape index (κ3) is 2.17. The van der Waals surface area contributed by atoms with Gasteiger partial charge in [0.25, 0.3) is 5.91 Å². The number of hydrogen-bond acceptors (Lipinski definition) is 2. The van der Waals surface area contributed by atoms with Crippen molar-refractivity contribution in [1.82, 2.24) is 4.90 Å². The van der Waals surface area contributed by atoms with E-state index >= 15 is 0 Å². The molecule has 0 saturated heterocycles. The van der Waals surface area contributed by atoms with E-state index in [4.69, 9.17) is 0 Å². The highest BCUT2D eigenvalue weighted by molar-refractivity contribution is 14.1. The van der Waals surface area contributed by atoms with Crippen LogP contribution in [0.25, 0.3) is 0 Å². The number of rotatable bonds is 0. The summed E-state index contributed by atoms with van der Waals surface area (Å²) in [5.41, 5.74) is 1.19. The Labute approximate surface area is 120 Å². The van der Waals surface area contributed by atoms with Crippen LogP contribution in [0.4, 0.5) is 5.69 Å². The second kappa shape index (κ2) is 4.47. The van der Waals surface area contributed by atoms with Crippen LogP contribution in [-0.2, 0) is 4.79 Å². The highest BCUT2D eigenvalue weighted by Crippen LogP contribution is 2.28. The van der Waals surface area contributed by atoms with Crippen LogP contribution in [0.2, 0.25) is 0 Å². The first-order valence-electron chi connectivity index (χ1n) is 4.53. The van der Waals surface area contributed by atoms with Crippen molar-refractivity contribution in [3.63, 3.8) is 0 Å². The van der Waals surface area contributed by atoms with Gasteiger partial charge in [-0.1, -0.05) is 0 Å². The third-order valence-electron chi connectivity index (χ3n) is 2.28. The van der Waals surface area contributed by atoms with Crippen molar-refractivity contribution in [3.05, 3.63) is 24.8 Å². The second-order valence-electron chi connectivity index (χ2n) is 3.52. The quantitative estimate of drug-likeness (QED) is 0.625. The van der Waals surface area contributed by atoms with Gasteiger partial charge in [-0.05, 0) is 57.3 Å². The van der Waals surface area contributed by atoms with Crippen LogP contribution in [0.15, 0.2) is 12.1 Å². The van der Waals surface area contributed by atoms with Crippen molar-refractivity contribution in [2.24, 2.45) is 0 Å². The third-order valence-corrected chi connectivity index (χ3v) is 3.75. The minimum atomic E-state index is -0.159. The minimum Gasteiger partial charge on any atom is -0.332 e. The van der Waals surface area contributed by atoms with Crippen LogP contribution < -0.4 is 5.32 Å². The summed E-state index contributed by atoms with van der Waals surface area (Å²) in [4.78, 5) is 25.0. The van der Waals surface area contributed by atoms with E-state index < -0.39 is 0 Å². The molecule has 0 saturated carbocycles. The Bertz CT molecular complexity index is 488. The summed E-state index contributed by atoms with van der Waals surface area (Å²) < 4.78 is 1.87. The Balaban J connectivity index is 2.64. The van der Waals surface area contributed by atoms with Gasteiger partial charge >= 0.3 is 0 Å². The van der Waals surface area contributed by atoms with Gasteiger partial charge in [0, 0.05) is 14.2 Å². The standard InChI is InChI=1S/C10H8I2N2O2/c1-14-4-8(15)13-9-6(10(14)16)2-5(11)3-7(9)12/h2-3H,4H2,1H3,(H,13,15). The fourth-order valence-electron chi connectivity index (χ4n) is 1.54. The number of amides is 2. The summed E-state index contributed by atoms with van der Waals surface area (Å²) in [7, 11) is 1.63. The average molecular weight is 442 g/mol. The molecule has 1 aliphatic rings. The smallest absolute Gasteiger partial charge is 0.256 e. The molecule has 1 aromatic rings. The van der Waals surface area contributed by atoms with Gasteiger partial charge in [-0.3, -0.25) is 9.59 Å². The van der Waals surface area contributed by atoms with Crippen molar-refractivity contribution in [3.8, 4) is 0 Å². The molecule has 0 radical (unpaired) electrons. The number of nitrogens with zero attached hydrogens (tertiary/aromatic N) is 1. The summed E-state index contributed by atoms with van der Waals surface area (Å²) in [6.45, 7) is 0.0974. The molecule has 1 heterocycles. The first-order valence-corrected chi connectivity index (χ1v) is 6.69. The first kappa shape index (κ1) is 12.1. The Hall–Kier alpha value is -0.380. The van der Waals surface area contributed by atoms with E-state index in [0.717, 1.165) is 7.14 Å². The van der Waals surface area contributed by atoms with Gasteiger partial charge in [-0.2, -0.15) is 0 Å².